The molecule has 0 fully saturated rings. The van der Waals surface area contributed by atoms with Crippen molar-refractivity contribution in [3.8, 4) is 0 Å². The lowest BCUT2D eigenvalue weighted by atomic mass is 9.87. The molecular formula is C13H18BrNO2. The van der Waals surface area contributed by atoms with Crippen molar-refractivity contribution >= 4 is 21.8 Å². The monoisotopic (exact) mass is 299 g/mol. The van der Waals surface area contributed by atoms with Gasteiger partial charge in [-0.2, -0.15) is 0 Å². The Balaban J connectivity index is 2.83. The van der Waals surface area contributed by atoms with E-state index in [-0.39, 0.29) is 24.0 Å². The summed E-state index contributed by atoms with van der Waals surface area (Å²) < 4.78 is 0.753. The highest BCUT2D eigenvalue weighted by atomic mass is 79.9. The van der Waals surface area contributed by atoms with Gasteiger partial charge in [-0.3, -0.25) is 4.79 Å². The van der Waals surface area contributed by atoms with Crippen LogP contribution in [-0.4, -0.2) is 23.7 Å². The van der Waals surface area contributed by atoms with E-state index in [4.69, 9.17) is 0 Å². The molecule has 3 nitrogen and oxygen atoms in total. The van der Waals surface area contributed by atoms with Crippen LogP contribution in [0.1, 0.15) is 31.1 Å². The molecule has 0 aliphatic carbocycles. The van der Waals surface area contributed by atoms with Gasteiger partial charge in [0.2, 0.25) is 0 Å². The summed E-state index contributed by atoms with van der Waals surface area (Å²) in [5.41, 5.74) is 0.404. The zero-order valence-electron chi connectivity index (χ0n) is 10.3. The first-order chi connectivity index (χ1) is 7.86. The highest BCUT2D eigenvalue weighted by Gasteiger charge is 2.26. The van der Waals surface area contributed by atoms with Gasteiger partial charge in [0.05, 0.1) is 18.2 Å². The number of aliphatic hydroxyl groups is 1. The number of amides is 1. The number of aliphatic hydroxyl groups excluding tert-OH is 1. The summed E-state index contributed by atoms with van der Waals surface area (Å²) in [5.74, 6) is -0.175. The van der Waals surface area contributed by atoms with Crippen LogP contribution in [0.4, 0.5) is 0 Å². The molecule has 1 amide bonds. The second-order valence-corrected chi connectivity index (χ2v) is 5.91. The van der Waals surface area contributed by atoms with E-state index in [0.29, 0.717) is 5.56 Å². The predicted molar refractivity (Wildman–Crippen MR) is 71.9 cm³/mol. The van der Waals surface area contributed by atoms with E-state index < -0.39 is 0 Å². The van der Waals surface area contributed by atoms with E-state index in [0.717, 1.165) is 4.47 Å². The number of hydrogen-bond acceptors (Lipinski definition) is 2. The van der Waals surface area contributed by atoms with Gasteiger partial charge < -0.3 is 10.4 Å². The van der Waals surface area contributed by atoms with E-state index in [1.54, 1.807) is 6.07 Å². The molecule has 17 heavy (non-hydrogen) atoms. The van der Waals surface area contributed by atoms with Crippen molar-refractivity contribution in [2.75, 3.05) is 6.61 Å². The highest BCUT2D eigenvalue weighted by Crippen LogP contribution is 2.21. The third-order valence-corrected chi connectivity index (χ3v) is 3.34. The van der Waals surface area contributed by atoms with Crippen LogP contribution in [0.3, 0.4) is 0 Å². The quantitative estimate of drug-likeness (QED) is 0.901. The molecule has 2 N–H and O–H groups in total. The maximum absolute atomic E-state index is 12.0. The molecule has 0 aliphatic rings. The Bertz CT molecular complexity index is 399. The zero-order valence-corrected chi connectivity index (χ0v) is 11.9. The zero-order chi connectivity index (χ0) is 13.1. The second-order valence-electron chi connectivity index (χ2n) is 5.05. The first kappa shape index (κ1) is 14.2. The van der Waals surface area contributed by atoms with Gasteiger partial charge in [-0.1, -0.05) is 32.9 Å². The molecule has 4 heteroatoms. The van der Waals surface area contributed by atoms with Crippen LogP contribution < -0.4 is 5.32 Å². The number of benzene rings is 1. The Labute approximate surface area is 110 Å². The SMILES string of the molecule is CC(C)(C)[C@H](CO)NC(=O)c1ccccc1Br. The van der Waals surface area contributed by atoms with Crippen molar-refractivity contribution in [1.29, 1.82) is 0 Å². The Morgan fingerprint density at radius 3 is 2.47 bits per heavy atom. The number of carbonyl (C=O) groups excluding carboxylic acids is 1. The van der Waals surface area contributed by atoms with Gasteiger partial charge in [-0.05, 0) is 33.5 Å². The van der Waals surface area contributed by atoms with E-state index >= 15 is 0 Å². The van der Waals surface area contributed by atoms with Gasteiger partial charge in [-0.15, -0.1) is 0 Å². The first-order valence-corrected chi connectivity index (χ1v) is 6.32. The average molecular weight is 300 g/mol. The van der Waals surface area contributed by atoms with Crippen molar-refractivity contribution in [2.24, 2.45) is 5.41 Å². The molecule has 94 valence electrons. The summed E-state index contributed by atoms with van der Waals surface area (Å²) in [5, 5.41) is 12.1. The smallest absolute Gasteiger partial charge is 0.252 e. The minimum Gasteiger partial charge on any atom is -0.394 e. The number of rotatable bonds is 3. The highest BCUT2D eigenvalue weighted by molar-refractivity contribution is 9.10. The van der Waals surface area contributed by atoms with Crippen LogP contribution in [0.15, 0.2) is 28.7 Å². The van der Waals surface area contributed by atoms with Crippen molar-refractivity contribution in [1.82, 2.24) is 5.32 Å². The molecule has 0 unspecified atom stereocenters. The minimum atomic E-state index is -0.262. The van der Waals surface area contributed by atoms with Crippen LogP contribution >= 0.6 is 15.9 Å². The minimum absolute atomic E-state index is 0.0697. The first-order valence-electron chi connectivity index (χ1n) is 5.52. The lowest BCUT2D eigenvalue weighted by Gasteiger charge is -2.29. The summed E-state index contributed by atoms with van der Waals surface area (Å²) in [4.78, 5) is 12.0. The fourth-order valence-electron chi connectivity index (χ4n) is 1.42. The number of halogens is 1. The van der Waals surface area contributed by atoms with Crippen molar-refractivity contribution in [2.45, 2.75) is 26.8 Å². The van der Waals surface area contributed by atoms with Crippen LogP contribution in [0.25, 0.3) is 0 Å². The predicted octanol–water partition coefficient (Wildman–Crippen LogP) is 2.59. The maximum Gasteiger partial charge on any atom is 0.252 e. The molecule has 0 heterocycles. The van der Waals surface area contributed by atoms with Crippen LogP contribution in [-0.2, 0) is 0 Å². The molecule has 1 atom stereocenters. The number of nitrogens with one attached hydrogen (secondary N) is 1. The Morgan fingerprint density at radius 1 is 1.41 bits per heavy atom. The summed E-state index contributed by atoms with van der Waals surface area (Å²) >= 11 is 3.34. The van der Waals surface area contributed by atoms with Crippen molar-refractivity contribution in [3.05, 3.63) is 34.3 Å². The van der Waals surface area contributed by atoms with Gasteiger partial charge in [0, 0.05) is 4.47 Å². The molecule has 1 aromatic carbocycles. The van der Waals surface area contributed by atoms with Crippen LogP contribution in [0.5, 0.6) is 0 Å². The summed E-state index contributed by atoms with van der Waals surface area (Å²) in [6, 6.07) is 6.97. The lowest BCUT2D eigenvalue weighted by molar-refractivity contribution is 0.0847. The molecule has 0 saturated carbocycles. The van der Waals surface area contributed by atoms with Crippen LogP contribution in [0.2, 0.25) is 0 Å². The fourth-order valence-corrected chi connectivity index (χ4v) is 1.88. The molecule has 0 aliphatic heterocycles. The maximum atomic E-state index is 12.0. The third kappa shape index (κ3) is 3.82. The Morgan fingerprint density at radius 2 is 2.00 bits per heavy atom. The average Bonchev–Trinajstić information content (AvgIpc) is 2.24. The summed E-state index contributed by atoms with van der Waals surface area (Å²) in [6.07, 6.45) is 0. The van der Waals surface area contributed by atoms with E-state index in [2.05, 4.69) is 21.2 Å². The lowest BCUT2D eigenvalue weighted by Crippen LogP contribution is -2.46. The van der Waals surface area contributed by atoms with E-state index in [1.165, 1.54) is 0 Å². The largest absolute Gasteiger partial charge is 0.394 e. The van der Waals surface area contributed by atoms with Crippen molar-refractivity contribution < 1.29 is 9.90 Å². The molecule has 1 aromatic rings. The summed E-state index contributed by atoms with van der Waals surface area (Å²) in [6.45, 7) is 5.87. The van der Waals surface area contributed by atoms with Gasteiger partial charge in [0.1, 0.15) is 0 Å². The van der Waals surface area contributed by atoms with Gasteiger partial charge in [-0.25, -0.2) is 0 Å². The van der Waals surface area contributed by atoms with Gasteiger partial charge in [0.25, 0.3) is 5.91 Å². The molecule has 0 aromatic heterocycles. The van der Waals surface area contributed by atoms with Crippen LogP contribution in [0, 0.1) is 5.41 Å². The molecule has 1 rings (SSSR count). The fraction of sp³-hybridized carbons (Fsp3) is 0.462. The normalized spacial score (nSPS) is 13.2. The second kappa shape index (κ2) is 5.65. The van der Waals surface area contributed by atoms with Crippen molar-refractivity contribution in [3.63, 3.8) is 0 Å². The number of carbonyl (C=O) groups is 1. The standard InChI is InChI=1S/C13H18BrNO2/c1-13(2,3)11(8-16)15-12(17)9-6-4-5-7-10(9)14/h4-7,11,16H,8H2,1-3H3,(H,15,17)/t11-/m0/s1. The Hall–Kier alpha value is -0.870. The molecular weight excluding hydrogens is 282 g/mol. The topological polar surface area (TPSA) is 49.3 Å². The Kier molecular flexibility index (Phi) is 4.71. The third-order valence-electron chi connectivity index (χ3n) is 2.65. The van der Waals surface area contributed by atoms with E-state index in [9.17, 15) is 9.90 Å². The number of hydrogen-bond donors (Lipinski definition) is 2. The van der Waals surface area contributed by atoms with Gasteiger partial charge >= 0.3 is 0 Å². The summed E-state index contributed by atoms with van der Waals surface area (Å²) in [7, 11) is 0. The van der Waals surface area contributed by atoms with Gasteiger partial charge in [0.15, 0.2) is 0 Å². The molecule has 0 bridgehead atoms. The van der Waals surface area contributed by atoms with E-state index in [1.807, 2.05) is 39.0 Å². The molecule has 0 spiro atoms. The molecule has 0 radical (unpaired) electrons. The molecule has 0 saturated heterocycles.